The zero-order valence-electron chi connectivity index (χ0n) is 12.4. The first-order valence-electron chi connectivity index (χ1n) is 6.90. The molecule has 0 aliphatic carbocycles. The molecule has 0 saturated heterocycles. The van der Waals surface area contributed by atoms with Gasteiger partial charge in [0.2, 0.25) is 0 Å². The maximum Gasteiger partial charge on any atom is 0.175 e. The molecule has 0 saturated carbocycles. The van der Waals surface area contributed by atoms with E-state index in [4.69, 9.17) is 23.8 Å². The van der Waals surface area contributed by atoms with Gasteiger partial charge in [-0.05, 0) is 66.5 Å². The number of benzene rings is 2. The zero-order chi connectivity index (χ0) is 15.4. The van der Waals surface area contributed by atoms with E-state index in [0.29, 0.717) is 11.0 Å². The zero-order valence-corrected chi connectivity index (χ0v) is 14.0. The van der Waals surface area contributed by atoms with E-state index >= 15 is 0 Å². The summed E-state index contributed by atoms with van der Waals surface area (Å²) in [7, 11) is 0. The first kappa shape index (κ1) is 15.8. The predicted octanol–water partition coefficient (Wildman–Crippen LogP) is 5.58. The molecule has 0 radical (unpaired) electrons. The number of hydrogen-bond donors (Lipinski definition) is 2. The summed E-state index contributed by atoms with van der Waals surface area (Å²) in [6.45, 7) is 6.34. The fourth-order valence-corrected chi connectivity index (χ4v) is 2.48. The van der Waals surface area contributed by atoms with Crippen LogP contribution in [0.2, 0.25) is 5.02 Å². The lowest BCUT2D eigenvalue weighted by Gasteiger charge is -2.14. The van der Waals surface area contributed by atoms with Gasteiger partial charge in [0.1, 0.15) is 0 Å². The van der Waals surface area contributed by atoms with Gasteiger partial charge < -0.3 is 10.6 Å². The van der Waals surface area contributed by atoms with Crippen LogP contribution in [0.15, 0.2) is 42.5 Å². The minimum absolute atomic E-state index is 0.492. The number of aryl methyl sites for hydroxylation is 1. The maximum atomic E-state index is 5.95. The first-order valence-corrected chi connectivity index (χ1v) is 7.68. The van der Waals surface area contributed by atoms with E-state index in [1.165, 1.54) is 5.56 Å². The van der Waals surface area contributed by atoms with Gasteiger partial charge in [0.05, 0.1) is 0 Å². The van der Waals surface area contributed by atoms with Gasteiger partial charge in [0, 0.05) is 16.4 Å². The molecular weight excluding hydrogens is 300 g/mol. The topological polar surface area (TPSA) is 24.1 Å². The average Bonchev–Trinajstić information content (AvgIpc) is 2.42. The summed E-state index contributed by atoms with van der Waals surface area (Å²) in [5.74, 6) is 0.492. The highest BCUT2D eigenvalue weighted by Crippen LogP contribution is 2.21. The summed E-state index contributed by atoms with van der Waals surface area (Å²) >= 11 is 11.3. The molecule has 4 heteroatoms. The molecule has 2 aromatic carbocycles. The normalized spacial score (nSPS) is 10.5. The highest BCUT2D eigenvalue weighted by atomic mass is 35.5. The fourth-order valence-electron chi connectivity index (χ4n) is 2.03. The lowest BCUT2D eigenvalue weighted by Crippen LogP contribution is -2.19. The summed E-state index contributed by atoms with van der Waals surface area (Å²) in [4.78, 5) is 0. The second-order valence-corrected chi connectivity index (χ2v) is 6.16. The average molecular weight is 319 g/mol. The van der Waals surface area contributed by atoms with Crippen LogP contribution in [0.4, 0.5) is 11.4 Å². The van der Waals surface area contributed by atoms with E-state index in [1.807, 2.05) is 37.3 Å². The van der Waals surface area contributed by atoms with Crippen molar-refractivity contribution in [2.45, 2.75) is 26.7 Å². The van der Waals surface area contributed by atoms with Gasteiger partial charge in [0.25, 0.3) is 0 Å². The van der Waals surface area contributed by atoms with E-state index in [-0.39, 0.29) is 0 Å². The van der Waals surface area contributed by atoms with Crippen molar-refractivity contribution < 1.29 is 0 Å². The van der Waals surface area contributed by atoms with Crippen LogP contribution in [0.3, 0.4) is 0 Å². The predicted molar refractivity (Wildman–Crippen MR) is 96.6 cm³/mol. The summed E-state index contributed by atoms with van der Waals surface area (Å²) < 4.78 is 0. The Hall–Kier alpha value is -1.58. The minimum Gasteiger partial charge on any atom is -0.332 e. The van der Waals surface area contributed by atoms with Crippen molar-refractivity contribution in [1.82, 2.24) is 0 Å². The summed E-state index contributed by atoms with van der Waals surface area (Å²) in [6.07, 6.45) is 0. The molecule has 2 aromatic rings. The molecule has 0 bridgehead atoms. The minimum atomic E-state index is 0.492. The van der Waals surface area contributed by atoms with Crippen LogP contribution in [0.1, 0.15) is 30.9 Å². The van der Waals surface area contributed by atoms with Crippen LogP contribution in [0, 0.1) is 6.92 Å². The Bertz CT molecular complexity index is 653. The van der Waals surface area contributed by atoms with Gasteiger partial charge in [0.15, 0.2) is 5.11 Å². The number of hydrogen-bond acceptors (Lipinski definition) is 1. The van der Waals surface area contributed by atoms with Crippen molar-refractivity contribution in [3.63, 3.8) is 0 Å². The van der Waals surface area contributed by atoms with Gasteiger partial charge in [-0.1, -0.05) is 37.6 Å². The van der Waals surface area contributed by atoms with E-state index in [0.717, 1.165) is 22.0 Å². The van der Waals surface area contributed by atoms with Crippen molar-refractivity contribution in [1.29, 1.82) is 0 Å². The lowest BCUT2D eigenvalue weighted by molar-refractivity contribution is 0.867. The maximum absolute atomic E-state index is 5.95. The Balaban J connectivity index is 2.06. The van der Waals surface area contributed by atoms with Crippen molar-refractivity contribution in [2.24, 2.45) is 0 Å². The molecule has 2 rings (SSSR count). The first-order chi connectivity index (χ1) is 9.95. The third-order valence-electron chi connectivity index (χ3n) is 3.25. The van der Waals surface area contributed by atoms with E-state index in [2.05, 4.69) is 36.6 Å². The molecule has 110 valence electrons. The van der Waals surface area contributed by atoms with Crippen LogP contribution in [0.5, 0.6) is 0 Å². The van der Waals surface area contributed by atoms with Crippen LogP contribution < -0.4 is 10.6 Å². The summed E-state index contributed by atoms with van der Waals surface area (Å²) in [6, 6.07) is 14.0. The molecule has 21 heavy (non-hydrogen) atoms. The van der Waals surface area contributed by atoms with Gasteiger partial charge in [-0.3, -0.25) is 0 Å². The van der Waals surface area contributed by atoms with Crippen LogP contribution >= 0.6 is 23.8 Å². The quantitative estimate of drug-likeness (QED) is 0.722. The van der Waals surface area contributed by atoms with Crippen molar-refractivity contribution >= 4 is 40.3 Å². The van der Waals surface area contributed by atoms with Gasteiger partial charge in [-0.25, -0.2) is 0 Å². The van der Waals surface area contributed by atoms with E-state index in [9.17, 15) is 0 Å². The summed E-state index contributed by atoms with van der Waals surface area (Å²) in [5, 5.41) is 7.71. The molecule has 0 spiro atoms. The van der Waals surface area contributed by atoms with Crippen LogP contribution in [0.25, 0.3) is 0 Å². The third kappa shape index (κ3) is 4.45. The fraction of sp³-hybridized carbons (Fsp3) is 0.235. The molecule has 0 fully saturated rings. The number of thiocarbonyl (C=S) groups is 1. The van der Waals surface area contributed by atoms with Crippen molar-refractivity contribution in [3.8, 4) is 0 Å². The standard InChI is InChI=1S/C17H19ClN2S/c1-11(2)13-5-4-6-15(10-13)19-17(21)20-16-8-7-14(18)9-12(16)3/h4-11H,1-3H3,(H2,19,20,21). The lowest BCUT2D eigenvalue weighted by atomic mass is 10.0. The molecule has 0 amide bonds. The number of anilines is 2. The molecule has 0 aliphatic heterocycles. The molecular formula is C17H19ClN2S. The van der Waals surface area contributed by atoms with Crippen LogP contribution in [-0.2, 0) is 0 Å². The molecule has 2 nitrogen and oxygen atoms in total. The van der Waals surface area contributed by atoms with Crippen molar-refractivity contribution in [2.75, 3.05) is 10.6 Å². The summed E-state index contributed by atoms with van der Waals surface area (Å²) in [5.41, 5.74) is 4.29. The second kappa shape index (κ2) is 6.92. The highest BCUT2D eigenvalue weighted by molar-refractivity contribution is 7.80. The smallest absolute Gasteiger partial charge is 0.175 e. The molecule has 2 N–H and O–H groups in total. The number of nitrogens with one attached hydrogen (secondary N) is 2. The van der Waals surface area contributed by atoms with E-state index < -0.39 is 0 Å². The van der Waals surface area contributed by atoms with Crippen molar-refractivity contribution in [3.05, 3.63) is 58.6 Å². The molecule has 0 unspecified atom stereocenters. The Morgan fingerprint density at radius 2 is 1.86 bits per heavy atom. The third-order valence-corrected chi connectivity index (χ3v) is 3.69. The molecule has 0 aromatic heterocycles. The second-order valence-electron chi connectivity index (χ2n) is 5.32. The number of halogens is 1. The van der Waals surface area contributed by atoms with Gasteiger partial charge in [-0.15, -0.1) is 0 Å². The van der Waals surface area contributed by atoms with Gasteiger partial charge in [-0.2, -0.15) is 0 Å². The molecule has 0 heterocycles. The molecule has 0 aliphatic rings. The Morgan fingerprint density at radius 1 is 1.10 bits per heavy atom. The Labute approximate surface area is 136 Å². The SMILES string of the molecule is Cc1cc(Cl)ccc1NC(=S)Nc1cccc(C(C)C)c1. The van der Waals surface area contributed by atoms with E-state index in [1.54, 1.807) is 0 Å². The monoisotopic (exact) mass is 318 g/mol. The molecule has 0 atom stereocenters. The largest absolute Gasteiger partial charge is 0.332 e. The van der Waals surface area contributed by atoms with Gasteiger partial charge >= 0.3 is 0 Å². The Kier molecular flexibility index (Phi) is 5.21. The number of rotatable bonds is 3. The Morgan fingerprint density at radius 3 is 2.52 bits per heavy atom. The van der Waals surface area contributed by atoms with Crippen LogP contribution in [-0.4, -0.2) is 5.11 Å². The highest BCUT2D eigenvalue weighted by Gasteiger charge is 2.04.